The molecule has 0 saturated heterocycles. The maximum absolute atomic E-state index is 11.5. The molecule has 13 heavy (non-hydrogen) atoms. The van der Waals surface area contributed by atoms with Gasteiger partial charge in [0.25, 0.3) is 0 Å². The Kier molecular flexibility index (Phi) is 5.35. The van der Waals surface area contributed by atoms with Gasteiger partial charge in [-0.05, 0) is 13.3 Å². The van der Waals surface area contributed by atoms with Gasteiger partial charge in [0, 0.05) is 5.92 Å². The van der Waals surface area contributed by atoms with Crippen molar-refractivity contribution in [3.05, 3.63) is 0 Å². The molecule has 0 radical (unpaired) electrons. The maximum Gasteiger partial charge on any atom is 0.316 e. The molecule has 0 heterocycles. The third-order valence-corrected chi connectivity index (χ3v) is 1.89. The van der Waals surface area contributed by atoms with Crippen molar-refractivity contribution in [2.75, 3.05) is 6.61 Å². The normalized spacial score (nSPS) is 12.7. The molecule has 0 fully saturated rings. The molecule has 1 atom stereocenters. The first kappa shape index (κ1) is 12.1. The van der Waals surface area contributed by atoms with E-state index in [0.29, 0.717) is 13.0 Å². The molecule has 76 valence electrons. The zero-order chi connectivity index (χ0) is 10.4. The van der Waals surface area contributed by atoms with Crippen LogP contribution in [-0.2, 0) is 14.3 Å². The van der Waals surface area contributed by atoms with Crippen LogP contribution in [0.15, 0.2) is 0 Å². The Morgan fingerprint density at radius 1 is 1.23 bits per heavy atom. The Hall–Kier alpha value is -0.860. The first-order valence-corrected chi connectivity index (χ1v) is 4.74. The molecule has 0 saturated carbocycles. The number of carbonyl (C=O) groups excluding carboxylic acids is 2. The number of hydrogen-bond acceptors (Lipinski definition) is 3. The Morgan fingerprint density at radius 2 is 1.77 bits per heavy atom. The van der Waals surface area contributed by atoms with Crippen LogP contribution in [0.4, 0.5) is 0 Å². The Bertz CT molecular complexity index is 185. The van der Waals surface area contributed by atoms with Crippen molar-refractivity contribution < 1.29 is 14.3 Å². The second kappa shape index (κ2) is 5.73. The lowest BCUT2D eigenvalue weighted by atomic mass is 9.93. The monoisotopic (exact) mass is 186 g/mol. The first-order chi connectivity index (χ1) is 6.04. The highest BCUT2D eigenvalue weighted by Gasteiger charge is 2.27. The number of ether oxygens (including phenoxy) is 1. The highest BCUT2D eigenvalue weighted by molar-refractivity contribution is 5.99. The van der Waals surface area contributed by atoms with Crippen molar-refractivity contribution in [2.45, 2.75) is 34.1 Å². The molecular weight excluding hydrogens is 168 g/mol. The second-order valence-corrected chi connectivity index (χ2v) is 3.27. The van der Waals surface area contributed by atoms with Crippen LogP contribution in [-0.4, -0.2) is 18.4 Å². The molecule has 0 bridgehead atoms. The van der Waals surface area contributed by atoms with Crippen molar-refractivity contribution in [3.8, 4) is 0 Å². The smallest absolute Gasteiger partial charge is 0.316 e. The molecule has 0 rings (SSSR count). The molecule has 0 spiro atoms. The average Bonchev–Trinajstić information content (AvgIpc) is 2.05. The van der Waals surface area contributed by atoms with Gasteiger partial charge in [0.15, 0.2) is 0 Å². The fourth-order valence-electron chi connectivity index (χ4n) is 1.13. The van der Waals surface area contributed by atoms with E-state index in [4.69, 9.17) is 4.74 Å². The summed E-state index contributed by atoms with van der Waals surface area (Å²) in [7, 11) is 0. The molecule has 0 aliphatic heterocycles. The predicted octanol–water partition coefficient (Wildman–Crippen LogP) is 1.80. The van der Waals surface area contributed by atoms with E-state index in [-0.39, 0.29) is 17.7 Å². The van der Waals surface area contributed by atoms with E-state index in [1.54, 1.807) is 20.8 Å². The van der Waals surface area contributed by atoms with Crippen LogP contribution in [0, 0.1) is 11.8 Å². The van der Waals surface area contributed by atoms with Gasteiger partial charge in [-0.15, -0.1) is 0 Å². The van der Waals surface area contributed by atoms with Crippen LogP contribution >= 0.6 is 0 Å². The van der Waals surface area contributed by atoms with E-state index in [9.17, 15) is 9.59 Å². The van der Waals surface area contributed by atoms with E-state index < -0.39 is 5.92 Å². The van der Waals surface area contributed by atoms with Gasteiger partial charge in [-0.25, -0.2) is 0 Å². The highest BCUT2D eigenvalue weighted by Crippen LogP contribution is 2.12. The van der Waals surface area contributed by atoms with Gasteiger partial charge in [-0.1, -0.05) is 20.8 Å². The summed E-state index contributed by atoms with van der Waals surface area (Å²) < 4.78 is 4.81. The standard InChI is InChI=1S/C10H18O3/c1-5-8(9(11)7(3)4)10(12)13-6-2/h7-8H,5-6H2,1-4H3. The second-order valence-electron chi connectivity index (χ2n) is 3.27. The summed E-state index contributed by atoms with van der Waals surface area (Å²) in [6, 6.07) is 0. The lowest BCUT2D eigenvalue weighted by molar-refractivity contribution is -0.152. The summed E-state index contributed by atoms with van der Waals surface area (Å²) >= 11 is 0. The van der Waals surface area contributed by atoms with Crippen LogP contribution in [0.25, 0.3) is 0 Å². The quantitative estimate of drug-likeness (QED) is 0.485. The van der Waals surface area contributed by atoms with Crippen LogP contribution < -0.4 is 0 Å². The molecular formula is C10H18O3. The van der Waals surface area contributed by atoms with E-state index in [0.717, 1.165) is 0 Å². The fourth-order valence-corrected chi connectivity index (χ4v) is 1.13. The lowest BCUT2D eigenvalue weighted by Gasteiger charge is -2.14. The predicted molar refractivity (Wildman–Crippen MR) is 50.3 cm³/mol. The van der Waals surface area contributed by atoms with Crippen LogP contribution in [0.1, 0.15) is 34.1 Å². The average molecular weight is 186 g/mol. The van der Waals surface area contributed by atoms with Gasteiger partial charge in [0.1, 0.15) is 11.7 Å². The number of esters is 1. The third-order valence-electron chi connectivity index (χ3n) is 1.89. The van der Waals surface area contributed by atoms with Crippen molar-refractivity contribution in [1.29, 1.82) is 0 Å². The summed E-state index contributed by atoms with van der Waals surface area (Å²) in [6.45, 7) is 7.49. The number of ketones is 1. The molecule has 0 aliphatic rings. The fraction of sp³-hybridized carbons (Fsp3) is 0.800. The zero-order valence-electron chi connectivity index (χ0n) is 8.79. The molecule has 3 nitrogen and oxygen atoms in total. The topological polar surface area (TPSA) is 43.4 Å². The Morgan fingerprint density at radius 3 is 2.08 bits per heavy atom. The number of Topliss-reactive ketones (excluding diaryl/α,β-unsaturated/α-hetero) is 1. The van der Waals surface area contributed by atoms with E-state index in [1.807, 2.05) is 6.92 Å². The zero-order valence-corrected chi connectivity index (χ0v) is 8.79. The summed E-state index contributed by atoms with van der Waals surface area (Å²) in [6.07, 6.45) is 0.524. The number of rotatable bonds is 5. The molecule has 0 aromatic carbocycles. The van der Waals surface area contributed by atoms with Gasteiger partial charge in [0.05, 0.1) is 6.61 Å². The minimum absolute atomic E-state index is 0.0269. The van der Waals surface area contributed by atoms with Crippen molar-refractivity contribution in [2.24, 2.45) is 11.8 Å². The summed E-state index contributed by atoms with van der Waals surface area (Å²) in [5, 5.41) is 0. The molecule has 1 unspecified atom stereocenters. The molecule has 0 amide bonds. The SMILES string of the molecule is CCOC(=O)C(CC)C(=O)C(C)C. The first-order valence-electron chi connectivity index (χ1n) is 4.74. The van der Waals surface area contributed by atoms with Gasteiger partial charge in [0.2, 0.25) is 0 Å². The van der Waals surface area contributed by atoms with Crippen molar-refractivity contribution in [1.82, 2.24) is 0 Å². The Balaban J connectivity index is 4.32. The van der Waals surface area contributed by atoms with Gasteiger partial charge < -0.3 is 4.74 Å². The van der Waals surface area contributed by atoms with Crippen molar-refractivity contribution >= 4 is 11.8 Å². The van der Waals surface area contributed by atoms with E-state index in [2.05, 4.69) is 0 Å². The highest BCUT2D eigenvalue weighted by atomic mass is 16.5. The minimum atomic E-state index is -0.569. The van der Waals surface area contributed by atoms with Gasteiger partial charge in [-0.2, -0.15) is 0 Å². The molecule has 0 N–H and O–H groups in total. The molecule has 0 aliphatic carbocycles. The molecule has 3 heteroatoms. The van der Waals surface area contributed by atoms with Gasteiger partial charge >= 0.3 is 5.97 Å². The van der Waals surface area contributed by atoms with Crippen molar-refractivity contribution in [3.63, 3.8) is 0 Å². The van der Waals surface area contributed by atoms with E-state index >= 15 is 0 Å². The summed E-state index contributed by atoms with van der Waals surface area (Å²) in [5.41, 5.74) is 0. The number of hydrogen-bond donors (Lipinski definition) is 0. The molecule has 0 aromatic heterocycles. The van der Waals surface area contributed by atoms with Crippen LogP contribution in [0.2, 0.25) is 0 Å². The maximum atomic E-state index is 11.5. The summed E-state index contributed by atoms with van der Waals surface area (Å²) in [5.74, 6) is -1.08. The molecule has 0 aromatic rings. The van der Waals surface area contributed by atoms with Crippen LogP contribution in [0.5, 0.6) is 0 Å². The third kappa shape index (κ3) is 3.57. The van der Waals surface area contributed by atoms with E-state index in [1.165, 1.54) is 0 Å². The minimum Gasteiger partial charge on any atom is -0.465 e. The lowest BCUT2D eigenvalue weighted by Crippen LogP contribution is -2.28. The number of carbonyl (C=O) groups is 2. The largest absolute Gasteiger partial charge is 0.465 e. The Labute approximate surface area is 79.5 Å². The van der Waals surface area contributed by atoms with Crippen LogP contribution in [0.3, 0.4) is 0 Å². The van der Waals surface area contributed by atoms with Gasteiger partial charge in [-0.3, -0.25) is 9.59 Å². The summed E-state index contributed by atoms with van der Waals surface area (Å²) in [4.78, 5) is 22.8.